The Morgan fingerprint density at radius 1 is 1.03 bits per heavy atom. The Morgan fingerprint density at radius 2 is 1.70 bits per heavy atom. The molecule has 152 valence electrons. The fraction of sp³-hybridized carbons (Fsp3) is 0.0476. The van der Waals surface area contributed by atoms with Gasteiger partial charge >= 0.3 is 5.97 Å². The summed E-state index contributed by atoms with van der Waals surface area (Å²) in [5, 5.41) is 13.6. The summed E-state index contributed by atoms with van der Waals surface area (Å²) in [4.78, 5) is 35.9. The van der Waals surface area contributed by atoms with Crippen LogP contribution >= 0.6 is 27.5 Å². The molecule has 0 unspecified atom stereocenters. The van der Waals surface area contributed by atoms with Crippen molar-refractivity contribution in [3.05, 3.63) is 104 Å². The molecule has 1 atom stereocenters. The number of rotatable bonds is 6. The van der Waals surface area contributed by atoms with Crippen LogP contribution in [-0.2, 0) is 9.53 Å². The Bertz CT molecular complexity index is 1090. The maximum Gasteiger partial charge on any atom is 0.339 e. The predicted molar refractivity (Wildman–Crippen MR) is 115 cm³/mol. The van der Waals surface area contributed by atoms with Crippen LogP contribution in [0.5, 0.6) is 0 Å². The molecule has 0 aromatic heterocycles. The molecule has 0 aliphatic carbocycles. The number of amides is 1. The molecule has 0 heterocycles. The molecule has 30 heavy (non-hydrogen) atoms. The molecular formula is C21H14BrClN2O5. The Hall–Kier alpha value is -3.23. The molecule has 3 aromatic rings. The number of halogens is 2. The zero-order chi connectivity index (χ0) is 21.7. The zero-order valence-electron chi connectivity index (χ0n) is 15.2. The molecule has 0 aliphatic rings. The minimum Gasteiger partial charge on any atom is -0.444 e. The van der Waals surface area contributed by atoms with E-state index < -0.39 is 22.9 Å². The summed E-state index contributed by atoms with van der Waals surface area (Å²) in [5.41, 5.74) is 0.521. The largest absolute Gasteiger partial charge is 0.444 e. The highest BCUT2D eigenvalue weighted by Crippen LogP contribution is 2.29. The number of benzene rings is 3. The van der Waals surface area contributed by atoms with Crippen molar-refractivity contribution in [2.75, 3.05) is 5.32 Å². The van der Waals surface area contributed by atoms with Crippen molar-refractivity contribution in [2.24, 2.45) is 0 Å². The van der Waals surface area contributed by atoms with Gasteiger partial charge in [-0.25, -0.2) is 4.79 Å². The van der Waals surface area contributed by atoms with E-state index in [9.17, 15) is 19.7 Å². The lowest BCUT2D eigenvalue weighted by Gasteiger charge is -2.18. The molecule has 0 spiro atoms. The number of nitrogens with one attached hydrogen (secondary N) is 1. The van der Waals surface area contributed by atoms with Crippen LogP contribution in [0.25, 0.3) is 0 Å². The molecule has 0 aliphatic heterocycles. The van der Waals surface area contributed by atoms with E-state index in [0.29, 0.717) is 5.56 Å². The summed E-state index contributed by atoms with van der Waals surface area (Å²) in [6.07, 6.45) is -1.27. The van der Waals surface area contributed by atoms with Crippen LogP contribution in [0.1, 0.15) is 22.0 Å². The van der Waals surface area contributed by atoms with Crippen molar-refractivity contribution in [2.45, 2.75) is 6.10 Å². The summed E-state index contributed by atoms with van der Waals surface area (Å²) in [6.45, 7) is 0. The second-order valence-electron chi connectivity index (χ2n) is 6.12. The standard InChI is InChI=1S/C21H14BrClN2O5/c22-15-8-6-14(7-9-15)21(27)30-19(13-4-2-1-3-5-13)20(26)24-16-10-11-17(23)18(12-16)25(28)29/h1-12,19H,(H,24,26)/t19-/m0/s1. The Morgan fingerprint density at radius 3 is 2.33 bits per heavy atom. The first-order valence-corrected chi connectivity index (χ1v) is 9.78. The molecule has 1 amide bonds. The number of nitro benzene ring substituents is 1. The van der Waals surface area contributed by atoms with E-state index in [2.05, 4.69) is 21.2 Å². The number of hydrogen-bond acceptors (Lipinski definition) is 5. The van der Waals surface area contributed by atoms with Crippen molar-refractivity contribution in [3.8, 4) is 0 Å². The van der Waals surface area contributed by atoms with Crippen molar-refractivity contribution in [1.82, 2.24) is 0 Å². The number of nitro groups is 1. The first-order valence-electron chi connectivity index (χ1n) is 8.61. The van der Waals surface area contributed by atoms with Gasteiger partial charge in [0.15, 0.2) is 0 Å². The van der Waals surface area contributed by atoms with Gasteiger partial charge in [0.2, 0.25) is 6.10 Å². The quantitative estimate of drug-likeness (QED) is 0.278. The summed E-state index contributed by atoms with van der Waals surface area (Å²) in [5.74, 6) is -1.35. The monoisotopic (exact) mass is 488 g/mol. The van der Waals surface area contributed by atoms with E-state index in [0.717, 1.165) is 10.5 Å². The third-order valence-corrected chi connectivity index (χ3v) is 4.90. The van der Waals surface area contributed by atoms with Crippen LogP contribution in [0.15, 0.2) is 77.3 Å². The van der Waals surface area contributed by atoms with Gasteiger partial charge in [-0.3, -0.25) is 14.9 Å². The molecule has 0 saturated carbocycles. The Kier molecular flexibility index (Phi) is 6.81. The van der Waals surface area contributed by atoms with E-state index in [1.807, 2.05) is 0 Å². The predicted octanol–water partition coefficient (Wildman–Crippen LogP) is 5.55. The lowest BCUT2D eigenvalue weighted by atomic mass is 10.1. The topological polar surface area (TPSA) is 98.5 Å². The van der Waals surface area contributed by atoms with Crippen molar-refractivity contribution in [3.63, 3.8) is 0 Å². The lowest BCUT2D eigenvalue weighted by molar-refractivity contribution is -0.384. The maximum absolute atomic E-state index is 12.9. The Balaban J connectivity index is 1.86. The Labute approximate surface area is 184 Å². The van der Waals surface area contributed by atoms with Crippen LogP contribution in [0, 0.1) is 10.1 Å². The van der Waals surface area contributed by atoms with Crippen molar-refractivity contribution < 1.29 is 19.2 Å². The van der Waals surface area contributed by atoms with Gasteiger partial charge in [-0.15, -0.1) is 0 Å². The number of anilines is 1. The molecule has 7 nitrogen and oxygen atoms in total. The van der Waals surface area contributed by atoms with Crippen LogP contribution in [-0.4, -0.2) is 16.8 Å². The molecular weight excluding hydrogens is 476 g/mol. The second kappa shape index (κ2) is 9.51. The van der Waals surface area contributed by atoms with Gasteiger partial charge in [0.05, 0.1) is 10.5 Å². The molecule has 3 rings (SSSR count). The molecule has 0 fully saturated rings. The summed E-state index contributed by atoms with van der Waals surface area (Å²) < 4.78 is 6.26. The van der Waals surface area contributed by atoms with Gasteiger partial charge in [-0.1, -0.05) is 57.9 Å². The highest BCUT2D eigenvalue weighted by molar-refractivity contribution is 9.10. The van der Waals surface area contributed by atoms with Gasteiger partial charge in [-0.2, -0.15) is 0 Å². The number of carbonyl (C=O) groups excluding carboxylic acids is 2. The normalized spacial score (nSPS) is 11.4. The first kappa shape index (κ1) is 21.5. The minimum absolute atomic E-state index is 0.0562. The van der Waals surface area contributed by atoms with Crippen molar-refractivity contribution >= 4 is 50.8 Å². The fourth-order valence-electron chi connectivity index (χ4n) is 2.60. The van der Waals surface area contributed by atoms with Crippen LogP contribution in [0.2, 0.25) is 5.02 Å². The van der Waals surface area contributed by atoms with E-state index in [1.165, 1.54) is 12.1 Å². The lowest BCUT2D eigenvalue weighted by Crippen LogP contribution is -2.26. The number of nitrogens with zero attached hydrogens (tertiary/aromatic N) is 1. The third-order valence-electron chi connectivity index (χ3n) is 4.06. The van der Waals surface area contributed by atoms with Crippen LogP contribution < -0.4 is 5.32 Å². The number of hydrogen-bond donors (Lipinski definition) is 1. The smallest absolute Gasteiger partial charge is 0.339 e. The van der Waals surface area contributed by atoms with Gasteiger partial charge in [0.1, 0.15) is 5.02 Å². The van der Waals surface area contributed by atoms with E-state index in [-0.39, 0.29) is 22.0 Å². The van der Waals surface area contributed by atoms with E-state index >= 15 is 0 Å². The second-order valence-corrected chi connectivity index (χ2v) is 7.44. The number of esters is 1. The molecule has 0 saturated heterocycles. The molecule has 0 radical (unpaired) electrons. The summed E-state index contributed by atoms with van der Waals surface area (Å²) in [6, 6.07) is 18.8. The highest BCUT2D eigenvalue weighted by atomic mass is 79.9. The molecule has 3 aromatic carbocycles. The number of carbonyl (C=O) groups is 2. The van der Waals surface area contributed by atoms with Crippen LogP contribution in [0.3, 0.4) is 0 Å². The van der Waals surface area contributed by atoms with Gasteiger partial charge in [0.25, 0.3) is 11.6 Å². The average Bonchev–Trinajstić information content (AvgIpc) is 2.74. The van der Waals surface area contributed by atoms with Gasteiger partial charge < -0.3 is 10.1 Å². The first-order chi connectivity index (χ1) is 14.3. The summed E-state index contributed by atoms with van der Waals surface area (Å²) in [7, 11) is 0. The highest BCUT2D eigenvalue weighted by Gasteiger charge is 2.26. The van der Waals surface area contributed by atoms with Crippen molar-refractivity contribution in [1.29, 1.82) is 0 Å². The SMILES string of the molecule is O=C(O[C@H](C(=O)Nc1ccc(Cl)c([N+](=O)[O-])c1)c1ccccc1)c1ccc(Br)cc1. The maximum atomic E-state index is 12.9. The average molecular weight is 490 g/mol. The minimum atomic E-state index is -1.27. The fourth-order valence-corrected chi connectivity index (χ4v) is 3.05. The molecule has 1 N–H and O–H groups in total. The zero-order valence-corrected chi connectivity index (χ0v) is 17.6. The summed E-state index contributed by atoms with van der Waals surface area (Å²) >= 11 is 9.10. The third kappa shape index (κ3) is 5.22. The number of ether oxygens (including phenoxy) is 1. The van der Waals surface area contributed by atoms with Gasteiger partial charge in [-0.05, 0) is 36.4 Å². The van der Waals surface area contributed by atoms with Crippen LogP contribution in [0.4, 0.5) is 11.4 Å². The van der Waals surface area contributed by atoms with E-state index in [1.54, 1.807) is 54.6 Å². The molecule has 0 bridgehead atoms. The van der Waals surface area contributed by atoms with Gasteiger partial charge in [0, 0.05) is 21.8 Å². The molecule has 9 heteroatoms. The van der Waals surface area contributed by atoms with E-state index in [4.69, 9.17) is 16.3 Å².